The van der Waals surface area contributed by atoms with Crippen LogP contribution in [-0.4, -0.2) is 55.1 Å². The molecule has 2 fully saturated rings. The zero-order valence-corrected chi connectivity index (χ0v) is 19.4. The van der Waals surface area contributed by atoms with E-state index in [0.29, 0.717) is 30.1 Å². The summed E-state index contributed by atoms with van der Waals surface area (Å²) in [4.78, 5) is 22.9. The number of aromatic nitrogens is 1. The van der Waals surface area contributed by atoms with Crippen LogP contribution in [0.1, 0.15) is 39.0 Å². The number of hydrogen-bond donors (Lipinski definition) is 3. The summed E-state index contributed by atoms with van der Waals surface area (Å²) in [6.45, 7) is 5.24. The van der Waals surface area contributed by atoms with Gasteiger partial charge in [-0.25, -0.2) is 4.98 Å². The number of carbonyl (C=O) groups excluding carboxylic acids is 1. The van der Waals surface area contributed by atoms with Crippen molar-refractivity contribution in [2.24, 2.45) is 4.99 Å². The smallest absolute Gasteiger partial charge is 0.220 e. The standard InChI is InChI=1S/C19H29ClN6O.HI/c1-2-21-19(23-11-4-6-17(27)24-14-7-8-14)25-15-9-12-26(13-15)18-16(20)5-3-10-22-18;/h3,5,10,14-15H,2,4,6-9,11-13H2,1H3,(H,24,27)(H2,21,23,25);1H. The Balaban J connectivity index is 0.00000280. The summed E-state index contributed by atoms with van der Waals surface area (Å²) >= 11 is 6.26. The van der Waals surface area contributed by atoms with Gasteiger partial charge >= 0.3 is 0 Å². The maximum atomic E-state index is 11.7. The third kappa shape index (κ3) is 7.27. The van der Waals surface area contributed by atoms with E-state index < -0.39 is 0 Å². The van der Waals surface area contributed by atoms with E-state index in [9.17, 15) is 4.79 Å². The van der Waals surface area contributed by atoms with E-state index in [1.54, 1.807) is 6.20 Å². The molecular formula is C19H30ClIN6O. The molecule has 2 aliphatic rings. The first-order chi connectivity index (χ1) is 13.2. The molecule has 1 aliphatic carbocycles. The Kier molecular flexibility index (Phi) is 9.57. The summed E-state index contributed by atoms with van der Waals surface area (Å²) in [5.74, 6) is 1.79. The number of aliphatic imine (C=N–C) groups is 1. The molecule has 3 rings (SSSR count). The van der Waals surface area contributed by atoms with Gasteiger partial charge in [-0.15, -0.1) is 24.0 Å². The highest BCUT2D eigenvalue weighted by Gasteiger charge is 2.25. The van der Waals surface area contributed by atoms with Gasteiger partial charge in [-0.1, -0.05) is 11.6 Å². The lowest BCUT2D eigenvalue weighted by molar-refractivity contribution is -0.121. The van der Waals surface area contributed by atoms with E-state index in [1.807, 2.05) is 12.1 Å². The second kappa shape index (κ2) is 11.6. The molecule has 7 nitrogen and oxygen atoms in total. The largest absolute Gasteiger partial charge is 0.357 e. The Morgan fingerprint density at radius 2 is 2.14 bits per heavy atom. The second-order valence-electron chi connectivity index (χ2n) is 7.09. The van der Waals surface area contributed by atoms with Crippen LogP contribution in [0.2, 0.25) is 5.02 Å². The van der Waals surface area contributed by atoms with Crippen molar-refractivity contribution in [3.63, 3.8) is 0 Å². The number of amides is 1. The van der Waals surface area contributed by atoms with E-state index in [4.69, 9.17) is 11.6 Å². The van der Waals surface area contributed by atoms with Crippen LogP contribution in [-0.2, 0) is 4.79 Å². The molecule has 1 atom stereocenters. The van der Waals surface area contributed by atoms with E-state index in [-0.39, 0.29) is 29.9 Å². The topological polar surface area (TPSA) is 81.6 Å². The van der Waals surface area contributed by atoms with Crippen LogP contribution in [0.3, 0.4) is 0 Å². The fourth-order valence-corrected chi connectivity index (χ4v) is 3.39. The molecule has 3 N–H and O–H groups in total. The van der Waals surface area contributed by atoms with Crippen molar-refractivity contribution in [1.82, 2.24) is 20.9 Å². The highest BCUT2D eigenvalue weighted by Crippen LogP contribution is 2.25. The molecule has 0 bridgehead atoms. The first kappa shape index (κ1) is 23.0. The average molecular weight is 521 g/mol. The van der Waals surface area contributed by atoms with E-state index in [2.05, 4.69) is 37.8 Å². The van der Waals surface area contributed by atoms with Crippen molar-refractivity contribution in [3.8, 4) is 0 Å². The first-order valence-electron chi connectivity index (χ1n) is 9.85. The minimum absolute atomic E-state index is 0. The van der Waals surface area contributed by atoms with Crippen molar-refractivity contribution in [2.45, 2.75) is 51.1 Å². The Morgan fingerprint density at radius 1 is 1.32 bits per heavy atom. The highest BCUT2D eigenvalue weighted by atomic mass is 127. The van der Waals surface area contributed by atoms with E-state index in [0.717, 1.165) is 57.1 Å². The van der Waals surface area contributed by atoms with Crippen molar-refractivity contribution < 1.29 is 4.79 Å². The number of pyridine rings is 1. The average Bonchev–Trinajstić information content (AvgIpc) is 3.34. The summed E-state index contributed by atoms with van der Waals surface area (Å²) in [5.41, 5.74) is 0. The monoisotopic (exact) mass is 520 g/mol. The molecule has 1 saturated heterocycles. The second-order valence-corrected chi connectivity index (χ2v) is 7.50. The third-order valence-electron chi connectivity index (χ3n) is 4.69. The van der Waals surface area contributed by atoms with Gasteiger partial charge < -0.3 is 20.9 Å². The zero-order valence-electron chi connectivity index (χ0n) is 16.3. The maximum absolute atomic E-state index is 11.7. The molecule has 0 aromatic carbocycles. The summed E-state index contributed by atoms with van der Waals surface area (Å²) in [5, 5.41) is 10.5. The normalized spacial score (nSPS) is 19.1. The van der Waals surface area contributed by atoms with Gasteiger partial charge in [0.25, 0.3) is 0 Å². The van der Waals surface area contributed by atoms with Gasteiger partial charge in [0.15, 0.2) is 5.96 Å². The summed E-state index contributed by atoms with van der Waals surface area (Å²) in [6, 6.07) is 4.44. The number of halogens is 2. The summed E-state index contributed by atoms with van der Waals surface area (Å²) in [6.07, 6.45) is 6.32. The van der Waals surface area contributed by atoms with Gasteiger partial charge in [0, 0.05) is 50.9 Å². The fourth-order valence-electron chi connectivity index (χ4n) is 3.15. The molecule has 1 aliphatic heterocycles. The van der Waals surface area contributed by atoms with Crippen LogP contribution >= 0.6 is 35.6 Å². The SMILES string of the molecule is CCNC(=NCCCC(=O)NC1CC1)NC1CCN(c2ncccc2Cl)C1.I. The molecule has 1 amide bonds. The van der Waals surface area contributed by atoms with Crippen LogP contribution in [0.15, 0.2) is 23.3 Å². The number of nitrogens with one attached hydrogen (secondary N) is 3. The number of nitrogens with zero attached hydrogens (tertiary/aromatic N) is 3. The summed E-state index contributed by atoms with van der Waals surface area (Å²) < 4.78 is 0. The molecule has 1 aromatic heterocycles. The molecule has 156 valence electrons. The molecule has 0 radical (unpaired) electrons. The fraction of sp³-hybridized carbons (Fsp3) is 0.632. The van der Waals surface area contributed by atoms with Gasteiger partial charge in [0.1, 0.15) is 5.82 Å². The van der Waals surface area contributed by atoms with Crippen LogP contribution in [0.25, 0.3) is 0 Å². The number of hydrogen-bond acceptors (Lipinski definition) is 4. The molecule has 28 heavy (non-hydrogen) atoms. The predicted molar refractivity (Wildman–Crippen MR) is 125 cm³/mol. The van der Waals surface area contributed by atoms with Crippen molar-refractivity contribution in [1.29, 1.82) is 0 Å². The highest BCUT2D eigenvalue weighted by molar-refractivity contribution is 14.0. The van der Waals surface area contributed by atoms with Crippen molar-refractivity contribution in [3.05, 3.63) is 23.4 Å². The lowest BCUT2D eigenvalue weighted by Gasteiger charge is -2.20. The first-order valence-corrected chi connectivity index (χ1v) is 10.2. The lowest BCUT2D eigenvalue weighted by atomic mass is 10.2. The molecule has 2 heterocycles. The van der Waals surface area contributed by atoms with Gasteiger partial charge in [0.2, 0.25) is 5.91 Å². The quantitative estimate of drug-likeness (QED) is 0.212. The van der Waals surface area contributed by atoms with E-state index >= 15 is 0 Å². The van der Waals surface area contributed by atoms with Crippen LogP contribution in [0.4, 0.5) is 5.82 Å². The maximum Gasteiger partial charge on any atom is 0.220 e. The Labute approximate surface area is 189 Å². The van der Waals surface area contributed by atoms with E-state index in [1.165, 1.54) is 0 Å². The molecular weight excluding hydrogens is 491 g/mol. The third-order valence-corrected chi connectivity index (χ3v) is 4.98. The van der Waals surface area contributed by atoms with Crippen molar-refractivity contribution in [2.75, 3.05) is 31.1 Å². The van der Waals surface area contributed by atoms with Gasteiger partial charge in [-0.3, -0.25) is 9.79 Å². The number of guanidine groups is 1. The van der Waals surface area contributed by atoms with Crippen LogP contribution in [0, 0.1) is 0 Å². The molecule has 1 saturated carbocycles. The van der Waals surface area contributed by atoms with Gasteiger partial charge in [-0.2, -0.15) is 0 Å². The Bertz CT molecular complexity index is 670. The summed E-state index contributed by atoms with van der Waals surface area (Å²) in [7, 11) is 0. The predicted octanol–water partition coefficient (Wildman–Crippen LogP) is 2.55. The van der Waals surface area contributed by atoms with Crippen LogP contribution < -0.4 is 20.9 Å². The van der Waals surface area contributed by atoms with Gasteiger partial charge in [0.05, 0.1) is 5.02 Å². The minimum Gasteiger partial charge on any atom is -0.357 e. The molecule has 1 aromatic rings. The lowest BCUT2D eigenvalue weighted by Crippen LogP contribution is -2.44. The number of anilines is 1. The number of carbonyl (C=O) groups is 1. The molecule has 1 unspecified atom stereocenters. The molecule has 0 spiro atoms. The number of rotatable bonds is 8. The minimum atomic E-state index is 0. The van der Waals surface area contributed by atoms with Gasteiger partial charge in [-0.05, 0) is 44.7 Å². The Hall–Kier alpha value is -1.29. The van der Waals surface area contributed by atoms with Crippen LogP contribution in [0.5, 0.6) is 0 Å². The molecule has 9 heteroatoms. The Morgan fingerprint density at radius 3 is 2.86 bits per heavy atom. The zero-order chi connectivity index (χ0) is 19.1. The van der Waals surface area contributed by atoms with Crippen molar-refractivity contribution >= 4 is 53.3 Å².